The number of para-hydroxylation sites is 1. The van der Waals surface area contributed by atoms with Crippen LogP contribution in [0.25, 0.3) is 6.08 Å². The highest BCUT2D eigenvalue weighted by atomic mass is 32.1. The molecule has 1 heterocycles. The van der Waals surface area contributed by atoms with E-state index in [0.29, 0.717) is 18.1 Å². The van der Waals surface area contributed by atoms with Crippen LogP contribution < -0.4 is 14.8 Å². The Labute approximate surface area is 163 Å². The van der Waals surface area contributed by atoms with Gasteiger partial charge in [-0.3, -0.25) is 4.79 Å². The van der Waals surface area contributed by atoms with Crippen LogP contribution in [0.1, 0.15) is 16.0 Å². The third-order valence-corrected chi connectivity index (χ3v) is 4.82. The van der Waals surface area contributed by atoms with E-state index in [0.717, 1.165) is 21.7 Å². The molecular weight excluding hydrogens is 358 g/mol. The molecule has 0 aliphatic rings. The minimum absolute atomic E-state index is 0.179. The smallest absolute Gasteiger partial charge is 0.248 e. The maximum absolute atomic E-state index is 12.1. The van der Waals surface area contributed by atoms with Gasteiger partial charge in [-0.2, -0.15) is 0 Å². The molecular formula is C22H21NO3S. The number of ether oxygens (including phenoxy) is 2. The highest BCUT2D eigenvalue weighted by Gasteiger charge is 2.06. The lowest BCUT2D eigenvalue weighted by Crippen LogP contribution is -2.08. The van der Waals surface area contributed by atoms with Gasteiger partial charge in [-0.1, -0.05) is 30.3 Å². The van der Waals surface area contributed by atoms with E-state index < -0.39 is 0 Å². The number of nitrogens with one attached hydrogen (secondary N) is 1. The maximum Gasteiger partial charge on any atom is 0.248 e. The van der Waals surface area contributed by atoms with Crippen molar-refractivity contribution in [3.05, 3.63) is 82.1 Å². The standard InChI is InChI=1S/C22H21NO3S/c1-16-6-3-4-8-19(16)23-22(24)12-10-17-9-11-20(21(14-17)25-2)26-15-18-7-5-13-27-18/h3-14H,15H2,1-2H3,(H,23,24)/b12-10+. The fourth-order valence-corrected chi connectivity index (χ4v) is 3.13. The van der Waals surface area contributed by atoms with Crippen LogP contribution in [0.4, 0.5) is 5.69 Å². The van der Waals surface area contributed by atoms with Crippen LogP contribution in [0.15, 0.2) is 66.1 Å². The van der Waals surface area contributed by atoms with Crippen molar-refractivity contribution < 1.29 is 14.3 Å². The highest BCUT2D eigenvalue weighted by Crippen LogP contribution is 2.29. The number of amides is 1. The number of hydrogen-bond donors (Lipinski definition) is 1. The molecule has 1 amide bonds. The zero-order valence-corrected chi connectivity index (χ0v) is 16.1. The molecule has 138 valence electrons. The van der Waals surface area contributed by atoms with Gasteiger partial charge in [0.05, 0.1) is 7.11 Å². The van der Waals surface area contributed by atoms with Crippen LogP contribution in [-0.4, -0.2) is 13.0 Å². The molecule has 27 heavy (non-hydrogen) atoms. The Morgan fingerprint density at radius 2 is 1.96 bits per heavy atom. The molecule has 0 atom stereocenters. The molecule has 5 heteroatoms. The molecule has 1 N–H and O–H groups in total. The second-order valence-electron chi connectivity index (χ2n) is 5.92. The molecule has 0 aliphatic carbocycles. The summed E-state index contributed by atoms with van der Waals surface area (Å²) < 4.78 is 11.2. The van der Waals surface area contributed by atoms with Crippen molar-refractivity contribution >= 4 is 29.0 Å². The summed E-state index contributed by atoms with van der Waals surface area (Å²) in [5, 5.41) is 4.90. The van der Waals surface area contributed by atoms with Crippen molar-refractivity contribution in [2.75, 3.05) is 12.4 Å². The van der Waals surface area contributed by atoms with Gasteiger partial charge in [0, 0.05) is 16.6 Å². The first kappa shape index (κ1) is 18.7. The molecule has 0 saturated carbocycles. The van der Waals surface area contributed by atoms with E-state index in [-0.39, 0.29) is 5.91 Å². The van der Waals surface area contributed by atoms with Crippen LogP contribution in [0.3, 0.4) is 0 Å². The Balaban J connectivity index is 1.65. The number of carbonyl (C=O) groups is 1. The monoisotopic (exact) mass is 379 g/mol. The van der Waals surface area contributed by atoms with Crippen molar-refractivity contribution in [1.29, 1.82) is 0 Å². The van der Waals surface area contributed by atoms with Gasteiger partial charge in [-0.15, -0.1) is 11.3 Å². The quantitative estimate of drug-likeness (QED) is 0.567. The molecule has 0 bridgehead atoms. The van der Waals surface area contributed by atoms with Crippen LogP contribution in [0.2, 0.25) is 0 Å². The fourth-order valence-electron chi connectivity index (χ4n) is 2.51. The SMILES string of the molecule is COc1cc(/C=C/C(=O)Nc2ccccc2C)ccc1OCc1cccs1. The summed E-state index contributed by atoms with van der Waals surface area (Å²) in [7, 11) is 1.60. The Bertz CT molecular complexity index is 932. The minimum atomic E-state index is -0.179. The Morgan fingerprint density at radius 1 is 1.11 bits per heavy atom. The van der Waals surface area contributed by atoms with E-state index in [1.165, 1.54) is 6.08 Å². The summed E-state index contributed by atoms with van der Waals surface area (Å²) in [5.74, 6) is 1.13. The zero-order valence-electron chi connectivity index (χ0n) is 15.3. The molecule has 4 nitrogen and oxygen atoms in total. The van der Waals surface area contributed by atoms with E-state index in [9.17, 15) is 4.79 Å². The number of benzene rings is 2. The average Bonchev–Trinajstić information content (AvgIpc) is 3.20. The van der Waals surface area contributed by atoms with Gasteiger partial charge in [0.1, 0.15) is 6.61 Å². The topological polar surface area (TPSA) is 47.6 Å². The number of thiophene rings is 1. The van der Waals surface area contributed by atoms with E-state index in [2.05, 4.69) is 5.32 Å². The minimum Gasteiger partial charge on any atom is -0.493 e. The Hall–Kier alpha value is -3.05. The van der Waals surface area contributed by atoms with Crippen molar-refractivity contribution in [1.82, 2.24) is 0 Å². The molecule has 0 aliphatic heterocycles. The molecule has 0 spiro atoms. The lowest BCUT2D eigenvalue weighted by Gasteiger charge is -2.10. The van der Waals surface area contributed by atoms with Crippen LogP contribution >= 0.6 is 11.3 Å². The number of aryl methyl sites for hydroxylation is 1. The van der Waals surface area contributed by atoms with Gasteiger partial charge in [0.25, 0.3) is 0 Å². The maximum atomic E-state index is 12.1. The summed E-state index contributed by atoms with van der Waals surface area (Å²) in [6.45, 7) is 2.46. The number of methoxy groups -OCH3 is 1. The summed E-state index contributed by atoms with van der Waals surface area (Å²) in [5.41, 5.74) is 2.69. The molecule has 0 unspecified atom stereocenters. The predicted octanol–water partition coefficient (Wildman–Crippen LogP) is 5.30. The third-order valence-electron chi connectivity index (χ3n) is 3.97. The predicted molar refractivity (Wildman–Crippen MR) is 110 cm³/mol. The Morgan fingerprint density at radius 3 is 2.70 bits per heavy atom. The van der Waals surface area contributed by atoms with E-state index in [1.54, 1.807) is 24.5 Å². The first-order chi connectivity index (χ1) is 13.2. The van der Waals surface area contributed by atoms with Crippen LogP contribution in [0.5, 0.6) is 11.5 Å². The molecule has 1 aromatic heterocycles. The van der Waals surface area contributed by atoms with Gasteiger partial charge in [0.2, 0.25) is 5.91 Å². The zero-order chi connectivity index (χ0) is 19.1. The average molecular weight is 379 g/mol. The number of anilines is 1. The van der Waals surface area contributed by atoms with Gasteiger partial charge >= 0.3 is 0 Å². The first-order valence-corrected chi connectivity index (χ1v) is 9.41. The second kappa shape index (κ2) is 9.05. The first-order valence-electron chi connectivity index (χ1n) is 8.53. The van der Waals surface area contributed by atoms with Gasteiger partial charge < -0.3 is 14.8 Å². The van der Waals surface area contributed by atoms with Crippen LogP contribution in [-0.2, 0) is 11.4 Å². The van der Waals surface area contributed by atoms with Gasteiger partial charge in [-0.25, -0.2) is 0 Å². The largest absolute Gasteiger partial charge is 0.493 e. The molecule has 3 aromatic rings. The van der Waals surface area contributed by atoms with Crippen molar-refractivity contribution in [3.8, 4) is 11.5 Å². The number of hydrogen-bond acceptors (Lipinski definition) is 4. The van der Waals surface area contributed by atoms with Gasteiger partial charge in [-0.05, 0) is 53.8 Å². The summed E-state index contributed by atoms with van der Waals surface area (Å²) in [4.78, 5) is 13.3. The third kappa shape index (κ3) is 5.21. The molecule has 2 aromatic carbocycles. The van der Waals surface area contributed by atoms with E-state index >= 15 is 0 Å². The van der Waals surface area contributed by atoms with E-state index in [1.807, 2.05) is 66.9 Å². The molecule has 0 saturated heterocycles. The molecule has 3 rings (SSSR count). The van der Waals surface area contributed by atoms with E-state index in [4.69, 9.17) is 9.47 Å². The highest BCUT2D eigenvalue weighted by molar-refractivity contribution is 7.09. The van der Waals surface area contributed by atoms with Crippen molar-refractivity contribution in [2.24, 2.45) is 0 Å². The van der Waals surface area contributed by atoms with Crippen LogP contribution in [0, 0.1) is 6.92 Å². The van der Waals surface area contributed by atoms with Gasteiger partial charge in [0.15, 0.2) is 11.5 Å². The Kier molecular flexibility index (Phi) is 6.28. The number of carbonyl (C=O) groups excluding carboxylic acids is 1. The summed E-state index contributed by atoms with van der Waals surface area (Å²) in [6, 6.07) is 17.3. The van der Waals surface area contributed by atoms with Crippen molar-refractivity contribution in [3.63, 3.8) is 0 Å². The molecule has 0 radical (unpaired) electrons. The van der Waals surface area contributed by atoms with Crippen molar-refractivity contribution in [2.45, 2.75) is 13.5 Å². The fraction of sp³-hybridized carbons (Fsp3) is 0.136. The molecule has 0 fully saturated rings. The lowest BCUT2D eigenvalue weighted by molar-refractivity contribution is -0.111. The second-order valence-corrected chi connectivity index (χ2v) is 6.95. The lowest BCUT2D eigenvalue weighted by atomic mass is 10.1. The normalized spacial score (nSPS) is 10.7. The summed E-state index contributed by atoms with van der Waals surface area (Å²) >= 11 is 1.65. The summed E-state index contributed by atoms with van der Waals surface area (Å²) in [6.07, 6.45) is 3.26. The number of rotatable bonds is 7.